The van der Waals surface area contributed by atoms with Gasteiger partial charge in [-0.1, -0.05) is 11.6 Å². The Kier molecular flexibility index (Phi) is 5.84. The Labute approximate surface area is 170 Å². The number of alkyl halides is 3. The second kappa shape index (κ2) is 7.88. The minimum Gasteiger partial charge on any atom is -0.335 e. The third-order valence-corrected chi connectivity index (χ3v) is 6.63. The van der Waals surface area contributed by atoms with E-state index in [2.05, 4.69) is 9.97 Å². The van der Waals surface area contributed by atoms with E-state index in [9.17, 15) is 26.4 Å². The summed E-state index contributed by atoms with van der Waals surface area (Å²) in [5.41, 5.74) is -0.426. The van der Waals surface area contributed by atoms with Gasteiger partial charge in [-0.15, -0.1) is 0 Å². The average molecular weight is 449 g/mol. The van der Waals surface area contributed by atoms with Crippen LogP contribution in [0.3, 0.4) is 0 Å². The zero-order valence-corrected chi connectivity index (χ0v) is 16.7. The molecular formula is C17H16ClF3N4O3S. The molecule has 0 radical (unpaired) electrons. The third kappa shape index (κ3) is 4.51. The fourth-order valence-corrected chi connectivity index (χ4v) is 4.50. The van der Waals surface area contributed by atoms with Gasteiger partial charge in [0.1, 0.15) is 5.69 Å². The van der Waals surface area contributed by atoms with E-state index >= 15 is 0 Å². The Morgan fingerprint density at radius 2 is 1.76 bits per heavy atom. The van der Waals surface area contributed by atoms with Crippen LogP contribution in [0.5, 0.6) is 0 Å². The molecule has 2 aromatic rings. The Hall–Kier alpha value is -2.24. The molecule has 2 heterocycles. The van der Waals surface area contributed by atoms with Crippen molar-refractivity contribution in [3.05, 3.63) is 52.6 Å². The van der Waals surface area contributed by atoms with Crippen LogP contribution in [0.2, 0.25) is 5.02 Å². The van der Waals surface area contributed by atoms with Gasteiger partial charge in [-0.3, -0.25) is 9.78 Å². The van der Waals surface area contributed by atoms with Gasteiger partial charge in [0.15, 0.2) is 0 Å². The number of carbonyl (C=O) groups is 1. The predicted octanol–water partition coefficient (Wildman–Crippen LogP) is 2.60. The van der Waals surface area contributed by atoms with Gasteiger partial charge in [-0.25, -0.2) is 13.4 Å². The lowest BCUT2D eigenvalue weighted by molar-refractivity contribution is -0.137. The molecule has 29 heavy (non-hydrogen) atoms. The van der Waals surface area contributed by atoms with Gasteiger partial charge in [0.05, 0.1) is 27.4 Å². The first-order valence-electron chi connectivity index (χ1n) is 8.45. The van der Waals surface area contributed by atoms with Crippen LogP contribution in [0.1, 0.15) is 21.7 Å². The lowest BCUT2D eigenvalue weighted by Crippen LogP contribution is -2.50. The van der Waals surface area contributed by atoms with E-state index in [0.29, 0.717) is 11.8 Å². The summed E-state index contributed by atoms with van der Waals surface area (Å²) < 4.78 is 65.7. The number of hydrogen-bond donors (Lipinski definition) is 0. The molecule has 1 aliphatic rings. The maximum atomic E-state index is 13.0. The van der Waals surface area contributed by atoms with Crippen LogP contribution >= 0.6 is 11.6 Å². The number of aryl methyl sites for hydroxylation is 1. The highest BCUT2D eigenvalue weighted by molar-refractivity contribution is 7.89. The number of amides is 1. The van der Waals surface area contributed by atoms with Crippen molar-refractivity contribution in [3.8, 4) is 0 Å². The SMILES string of the molecule is Cc1cnc(C(=O)N2CCN(S(=O)(=O)c3ccc(Cl)c(C(F)(F)F)c3)CC2)cn1. The van der Waals surface area contributed by atoms with Crippen LogP contribution in [0.4, 0.5) is 13.2 Å². The summed E-state index contributed by atoms with van der Waals surface area (Å²) in [5, 5.41) is -0.578. The average Bonchev–Trinajstić information content (AvgIpc) is 2.67. The summed E-state index contributed by atoms with van der Waals surface area (Å²) in [5.74, 6) is -0.389. The van der Waals surface area contributed by atoms with Gasteiger partial charge in [0, 0.05) is 32.4 Å². The number of halogens is 4. The van der Waals surface area contributed by atoms with E-state index in [1.807, 2.05) is 0 Å². The molecule has 0 N–H and O–H groups in total. The number of benzene rings is 1. The van der Waals surface area contributed by atoms with Crippen molar-refractivity contribution in [2.75, 3.05) is 26.2 Å². The highest BCUT2D eigenvalue weighted by atomic mass is 35.5. The molecule has 1 amide bonds. The molecule has 0 bridgehead atoms. The number of aromatic nitrogens is 2. The van der Waals surface area contributed by atoms with Crippen molar-refractivity contribution in [2.24, 2.45) is 0 Å². The van der Waals surface area contributed by atoms with Crippen LogP contribution in [0.15, 0.2) is 35.5 Å². The number of carbonyl (C=O) groups excluding carboxylic acids is 1. The summed E-state index contributed by atoms with van der Waals surface area (Å²) in [7, 11) is -4.17. The van der Waals surface area contributed by atoms with Crippen LogP contribution in [-0.4, -0.2) is 59.7 Å². The Morgan fingerprint density at radius 1 is 1.10 bits per heavy atom. The Balaban J connectivity index is 1.75. The monoisotopic (exact) mass is 448 g/mol. The predicted molar refractivity (Wildman–Crippen MR) is 97.9 cm³/mol. The molecule has 1 aromatic heterocycles. The van der Waals surface area contributed by atoms with Crippen molar-refractivity contribution < 1.29 is 26.4 Å². The first-order chi connectivity index (χ1) is 13.5. The molecule has 0 spiro atoms. The molecule has 0 aliphatic carbocycles. The van der Waals surface area contributed by atoms with Crippen molar-refractivity contribution in [1.82, 2.24) is 19.2 Å². The topological polar surface area (TPSA) is 83.5 Å². The molecule has 0 saturated carbocycles. The van der Waals surface area contributed by atoms with E-state index in [4.69, 9.17) is 11.6 Å². The first kappa shape index (κ1) is 21.5. The summed E-state index contributed by atoms with van der Waals surface area (Å²) in [6.45, 7) is 1.77. The van der Waals surface area contributed by atoms with Crippen LogP contribution in [-0.2, 0) is 16.2 Å². The molecule has 1 aliphatic heterocycles. The molecular weight excluding hydrogens is 433 g/mol. The summed E-state index contributed by atoms with van der Waals surface area (Å²) in [6.07, 6.45) is -1.98. The molecule has 0 unspecified atom stereocenters. The summed E-state index contributed by atoms with van der Waals surface area (Å²) in [4.78, 5) is 21.4. The van der Waals surface area contributed by atoms with Crippen LogP contribution in [0.25, 0.3) is 0 Å². The fourth-order valence-electron chi connectivity index (χ4n) is 2.83. The first-order valence-corrected chi connectivity index (χ1v) is 10.3. The number of piperazine rings is 1. The molecule has 1 fully saturated rings. The maximum absolute atomic E-state index is 13.0. The van der Waals surface area contributed by atoms with Gasteiger partial charge in [-0.05, 0) is 25.1 Å². The number of nitrogens with zero attached hydrogens (tertiary/aromatic N) is 4. The van der Waals surface area contributed by atoms with Gasteiger partial charge < -0.3 is 4.90 Å². The lowest BCUT2D eigenvalue weighted by atomic mass is 10.2. The van der Waals surface area contributed by atoms with Crippen molar-refractivity contribution in [3.63, 3.8) is 0 Å². The van der Waals surface area contributed by atoms with Crippen LogP contribution < -0.4 is 0 Å². The van der Waals surface area contributed by atoms with E-state index in [-0.39, 0.29) is 37.8 Å². The van der Waals surface area contributed by atoms with Gasteiger partial charge in [0.2, 0.25) is 10.0 Å². The Bertz CT molecular complexity index is 1020. The van der Waals surface area contributed by atoms with Crippen molar-refractivity contribution in [1.29, 1.82) is 0 Å². The minimum atomic E-state index is -4.77. The Morgan fingerprint density at radius 3 is 2.31 bits per heavy atom. The zero-order valence-electron chi connectivity index (χ0n) is 15.1. The van der Waals surface area contributed by atoms with Crippen molar-refractivity contribution >= 4 is 27.5 Å². The van der Waals surface area contributed by atoms with Gasteiger partial charge in [0.25, 0.3) is 5.91 Å². The quantitative estimate of drug-likeness (QED) is 0.720. The van der Waals surface area contributed by atoms with Crippen LogP contribution in [0, 0.1) is 6.92 Å². The third-order valence-electron chi connectivity index (χ3n) is 4.41. The number of hydrogen-bond acceptors (Lipinski definition) is 5. The van der Waals surface area contributed by atoms with Gasteiger partial charge in [-0.2, -0.15) is 17.5 Å². The molecule has 1 aromatic carbocycles. The number of sulfonamides is 1. The second-order valence-corrected chi connectivity index (χ2v) is 8.72. The van der Waals surface area contributed by atoms with E-state index in [1.54, 1.807) is 6.92 Å². The smallest absolute Gasteiger partial charge is 0.335 e. The standard InChI is InChI=1S/C17H16ClF3N4O3S/c1-11-9-23-15(10-22-11)16(26)24-4-6-25(7-5-24)29(27,28)12-2-3-14(18)13(8-12)17(19,20)21/h2-3,8-10H,4-7H2,1H3. The molecule has 156 valence electrons. The highest BCUT2D eigenvalue weighted by Crippen LogP contribution is 2.36. The van der Waals surface area contributed by atoms with E-state index < -0.39 is 31.7 Å². The molecule has 3 rings (SSSR count). The fraction of sp³-hybridized carbons (Fsp3) is 0.353. The van der Waals surface area contributed by atoms with E-state index in [0.717, 1.165) is 16.4 Å². The zero-order chi connectivity index (χ0) is 21.4. The second-order valence-electron chi connectivity index (χ2n) is 6.38. The highest BCUT2D eigenvalue weighted by Gasteiger charge is 2.36. The molecule has 12 heteroatoms. The summed E-state index contributed by atoms with van der Waals surface area (Å²) in [6, 6.07) is 2.47. The normalized spacial score (nSPS) is 16.1. The molecule has 7 nitrogen and oxygen atoms in total. The maximum Gasteiger partial charge on any atom is 0.417 e. The largest absolute Gasteiger partial charge is 0.417 e. The minimum absolute atomic E-state index is 0.0582. The van der Waals surface area contributed by atoms with Crippen molar-refractivity contribution in [2.45, 2.75) is 18.0 Å². The molecule has 0 atom stereocenters. The summed E-state index contributed by atoms with van der Waals surface area (Å²) >= 11 is 5.56. The molecule has 1 saturated heterocycles. The van der Waals surface area contributed by atoms with E-state index in [1.165, 1.54) is 17.3 Å². The lowest BCUT2D eigenvalue weighted by Gasteiger charge is -2.33. The number of rotatable bonds is 3. The van der Waals surface area contributed by atoms with Gasteiger partial charge >= 0.3 is 6.18 Å².